The van der Waals surface area contributed by atoms with Crippen molar-refractivity contribution in [1.82, 2.24) is 10.2 Å². The number of urea groups is 1. The van der Waals surface area contributed by atoms with E-state index in [1.807, 2.05) is 0 Å². The van der Waals surface area contributed by atoms with Crippen LogP contribution in [0.15, 0.2) is 42.5 Å². The highest BCUT2D eigenvalue weighted by atomic mass is 35.5. The molecule has 24 heavy (non-hydrogen) atoms. The van der Waals surface area contributed by atoms with Gasteiger partial charge in [-0.1, -0.05) is 41.4 Å². The van der Waals surface area contributed by atoms with E-state index < -0.39 is 23.3 Å². The van der Waals surface area contributed by atoms with E-state index in [1.165, 1.54) is 12.1 Å². The highest BCUT2D eigenvalue weighted by molar-refractivity contribution is 6.32. The van der Waals surface area contributed by atoms with E-state index in [4.69, 9.17) is 23.2 Å². The summed E-state index contributed by atoms with van der Waals surface area (Å²) in [6, 6.07) is 10.1. The van der Waals surface area contributed by atoms with Crippen LogP contribution in [0.25, 0.3) is 0 Å². The van der Waals surface area contributed by atoms with E-state index in [9.17, 15) is 14.0 Å². The lowest BCUT2D eigenvalue weighted by Crippen LogP contribution is -2.41. The first-order valence-corrected chi connectivity index (χ1v) is 7.91. The van der Waals surface area contributed by atoms with Crippen molar-refractivity contribution in [2.24, 2.45) is 0 Å². The first-order valence-electron chi connectivity index (χ1n) is 7.15. The van der Waals surface area contributed by atoms with Crippen molar-refractivity contribution in [2.75, 3.05) is 0 Å². The molecule has 3 amide bonds. The zero-order valence-electron chi connectivity index (χ0n) is 12.6. The van der Waals surface area contributed by atoms with Crippen molar-refractivity contribution in [3.05, 3.63) is 69.5 Å². The minimum absolute atomic E-state index is 0.0794. The Bertz CT molecular complexity index is 843. The van der Waals surface area contributed by atoms with Crippen LogP contribution in [0.1, 0.15) is 18.1 Å². The molecule has 2 aromatic rings. The average Bonchev–Trinajstić information content (AvgIpc) is 2.71. The second-order valence-corrected chi connectivity index (χ2v) is 6.54. The van der Waals surface area contributed by atoms with E-state index in [-0.39, 0.29) is 11.6 Å². The molecule has 1 atom stereocenters. The molecule has 0 bridgehead atoms. The molecule has 2 aromatic carbocycles. The summed E-state index contributed by atoms with van der Waals surface area (Å²) >= 11 is 12.0. The Morgan fingerprint density at radius 1 is 1.17 bits per heavy atom. The molecule has 7 heteroatoms. The van der Waals surface area contributed by atoms with Gasteiger partial charge < -0.3 is 5.32 Å². The molecule has 1 aliphatic heterocycles. The van der Waals surface area contributed by atoms with E-state index in [0.29, 0.717) is 10.6 Å². The normalized spacial score (nSPS) is 20.4. The molecule has 0 saturated carbocycles. The van der Waals surface area contributed by atoms with Gasteiger partial charge in [-0.15, -0.1) is 0 Å². The number of nitrogens with zero attached hydrogens (tertiary/aromatic N) is 1. The van der Waals surface area contributed by atoms with Crippen molar-refractivity contribution in [2.45, 2.75) is 19.0 Å². The Labute approximate surface area is 148 Å². The van der Waals surface area contributed by atoms with Gasteiger partial charge in [0.1, 0.15) is 11.4 Å². The molecule has 1 unspecified atom stereocenters. The van der Waals surface area contributed by atoms with Crippen LogP contribution in [0.3, 0.4) is 0 Å². The van der Waals surface area contributed by atoms with Crippen LogP contribution in [0.5, 0.6) is 0 Å². The minimum Gasteiger partial charge on any atom is -0.319 e. The number of halogens is 3. The number of nitrogens with one attached hydrogen (secondary N) is 1. The molecule has 3 rings (SSSR count). The molecule has 0 radical (unpaired) electrons. The standard InChI is InChI=1S/C17H13Cl2FN2O2/c1-17(13-6-5-12(20)8-14(13)19)15(23)22(16(24)21-17)9-10-3-2-4-11(18)7-10/h2-8H,9H2,1H3,(H,21,24). The summed E-state index contributed by atoms with van der Waals surface area (Å²) in [5.41, 5.74) is -0.279. The molecule has 1 fully saturated rings. The quantitative estimate of drug-likeness (QED) is 0.831. The smallest absolute Gasteiger partial charge is 0.319 e. The molecule has 1 saturated heterocycles. The van der Waals surface area contributed by atoms with Crippen molar-refractivity contribution in [3.8, 4) is 0 Å². The molecule has 0 spiro atoms. The molecular formula is C17H13Cl2FN2O2. The average molecular weight is 367 g/mol. The van der Waals surface area contributed by atoms with Gasteiger partial charge in [-0.25, -0.2) is 9.18 Å². The number of imide groups is 1. The van der Waals surface area contributed by atoms with Gasteiger partial charge in [-0.05, 0) is 36.8 Å². The van der Waals surface area contributed by atoms with Crippen LogP contribution in [0, 0.1) is 5.82 Å². The highest BCUT2D eigenvalue weighted by Crippen LogP contribution is 2.34. The molecular weight excluding hydrogens is 354 g/mol. The molecule has 0 aliphatic carbocycles. The Hall–Kier alpha value is -2.11. The summed E-state index contributed by atoms with van der Waals surface area (Å²) < 4.78 is 13.3. The van der Waals surface area contributed by atoms with Gasteiger partial charge in [0.15, 0.2) is 0 Å². The fourth-order valence-corrected chi connectivity index (χ4v) is 3.31. The van der Waals surface area contributed by atoms with Gasteiger partial charge in [0, 0.05) is 15.6 Å². The van der Waals surface area contributed by atoms with Crippen LogP contribution >= 0.6 is 23.2 Å². The summed E-state index contributed by atoms with van der Waals surface area (Å²) in [6.45, 7) is 1.63. The zero-order chi connectivity index (χ0) is 17.5. The second kappa shape index (κ2) is 6.07. The maximum Gasteiger partial charge on any atom is 0.325 e. The maximum atomic E-state index is 13.3. The molecule has 1 aliphatic rings. The molecule has 124 valence electrons. The van der Waals surface area contributed by atoms with Crippen molar-refractivity contribution >= 4 is 35.1 Å². The predicted molar refractivity (Wildman–Crippen MR) is 89.3 cm³/mol. The monoisotopic (exact) mass is 366 g/mol. The number of rotatable bonds is 3. The van der Waals surface area contributed by atoms with Crippen LogP contribution in [-0.4, -0.2) is 16.8 Å². The number of carbonyl (C=O) groups excluding carboxylic acids is 2. The third kappa shape index (κ3) is 2.85. The van der Waals surface area contributed by atoms with Crippen LogP contribution < -0.4 is 5.32 Å². The van der Waals surface area contributed by atoms with E-state index in [0.717, 1.165) is 16.5 Å². The third-order valence-electron chi connectivity index (χ3n) is 3.97. The SMILES string of the molecule is CC1(c2ccc(F)cc2Cl)NC(=O)N(Cc2cccc(Cl)c2)C1=O. The van der Waals surface area contributed by atoms with Gasteiger partial charge in [-0.3, -0.25) is 9.69 Å². The topological polar surface area (TPSA) is 49.4 Å². The Kier molecular flexibility index (Phi) is 4.24. The third-order valence-corrected chi connectivity index (χ3v) is 4.52. The summed E-state index contributed by atoms with van der Waals surface area (Å²) in [7, 11) is 0. The van der Waals surface area contributed by atoms with Gasteiger partial charge in [0.25, 0.3) is 5.91 Å². The minimum atomic E-state index is -1.35. The first kappa shape index (κ1) is 16.7. The van der Waals surface area contributed by atoms with Gasteiger partial charge in [0.05, 0.1) is 6.54 Å². The number of carbonyl (C=O) groups is 2. The maximum absolute atomic E-state index is 13.3. The summed E-state index contributed by atoms with van der Waals surface area (Å²) in [5.74, 6) is -0.971. The second-order valence-electron chi connectivity index (χ2n) is 5.70. The number of benzene rings is 2. The van der Waals surface area contributed by atoms with Crippen LogP contribution in [0.4, 0.5) is 9.18 Å². The Balaban J connectivity index is 1.93. The number of amides is 3. The fraction of sp³-hybridized carbons (Fsp3) is 0.176. The van der Waals surface area contributed by atoms with Crippen molar-refractivity contribution in [1.29, 1.82) is 0 Å². The molecule has 4 nitrogen and oxygen atoms in total. The van der Waals surface area contributed by atoms with Gasteiger partial charge >= 0.3 is 6.03 Å². The lowest BCUT2D eigenvalue weighted by molar-refractivity contribution is -0.131. The van der Waals surface area contributed by atoms with E-state index in [1.54, 1.807) is 31.2 Å². The van der Waals surface area contributed by atoms with Crippen LogP contribution in [-0.2, 0) is 16.9 Å². The summed E-state index contributed by atoms with van der Waals surface area (Å²) in [5, 5.41) is 3.24. The van der Waals surface area contributed by atoms with Crippen LogP contribution in [0.2, 0.25) is 10.0 Å². The Morgan fingerprint density at radius 2 is 1.92 bits per heavy atom. The van der Waals surface area contributed by atoms with Gasteiger partial charge in [-0.2, -0.15) is 0 Å². The largest absolute Gasteiger partial charge is 0.325 e. The molecule has 1 heterocycles. The lowest BCUT2D eigenvalue weighted by Gasteiger charge is -2.23. The number of hydrogen-bond acceptors (Lipinski definition) is 2. The van der Waals surface area contributed by atoms with Gasteiger partial charge in [0.2, 0.25) is 0 Å². The summed E-state index contributed by atoms with van der Waals surface area (Å²) in [6.07, 6.45) is 0. The number of hydrogen-bond donors (Lipinski definition) is 1. The predicted octanol–water partition coefficient (Wildman–Crippen LogP) is 4.10. The van der Waals surface area contributed by atoms with E-state index >= 15 is 0 Å². The van der Waals surface area contributed by atoms with Crippen molar-refractivity contribution < 1.29 is 14.0 Å². The first-order chi connectivity index (χ1) is 11.3. The summed E-state index contributed by atoms with van der Waals surface area (Å²) in [4.78, 5) is 26.2. The Morgan fingerprint density at radius 3 is 2.58 bits per heavy atom. The highest BCUT2D eigenvalue weighted by Gasteiger charge is 2.49. The lowest BCUT2D eigenvalue weighted by atomic mass is 9.92. The fourth-order valence-electron chi connectivity index (χ4n) is 2.74. The van der Waals surface area contributed by atoms with E-state index in [2.05, 4.69) is 5.32 Å². The zero-order valence-corrected chi connectivity index (χ0v) is 14.2. The molecule has 0 aromatic heterocycles. The molecule has 1 N–H and O–H groups in total. The van der Waals surface area contributed by atoms with Crippen molar-refractivity contribution in [3.63, 3.8) is 0 Å².